The van der Waals surface area contributed by atoms with Crippen LogP contribution in [0.4, 0.5) is 0 Å². The lowest BCUT2D eigenvalue weighted by Crippen LogP contribution is -2.07. The lowest BCUT2D eigenvalue weighted by Gasteiger charge is -2.03. The highest BCUT2D eigenvalue weighted by atomic mass is 35.5. The Balaban J connectivity index is 2.88. The van der Waals surface area contributed by atoms with Crippen molar-refractivity contribution in [3.05, 3.63) is 16.4 Å². The first-order chi connectivity index (χ1) is 6.56. The van der Waals surface area contributed by atoms with Gasteiger partial charge in [0, 0.05) is 12.3 Å². The highest BCUT2D eigenvalue weighted by Crippen LogP contribution is 2.24. The Morgan fingerprint density at radius 2 is 2.36 bits per heavy atom. The first kappa shape index (κ1) is 11.4. The summed E-state index contributed by atoms with van der Waals surface area (Å²) in [6.07, 6.45) is 0. The van der Waals surface area contributed by atoms with E-state index in [0.29, 0.717) is 10.8 Å². The van der Waals surface area contributed by atoms with Crippen molar-refractivity contribution in [1.82, 2.24) is 9.78 Å². The van der Waals surface area contributed by atoms with Gasteiger partial charge in [-0.2, -0.15) is 5.10 Å². The largest absolute Gasteiger partial charge is 0.379 e. The average molecular weight is 233 g/mol. The van der Waals surface area contributed by atoms with Gasteiger partial charge < -0.3 is 5.73 Å². The van der Waals surface area contributed by atoms with E-state index in [0.717, 1.165) is 17.9 Å². The summed E-state index contributed by atoms with van der Waals surface area (Å²) in [5.74, 6) is 0.600. The van der Waals surface area contributed by atoms with Gasteiger partial charge in [0.25, 0.3) is 0 Å². The van der Waals surface area contributed by atoms with E-state index in [-0.39, 0.29) is 5.17 Å². The van der Waals surface area contributed by atoms with Gasteiger partial charge in [-0.05, 0) is 13.8 Å². The Labute approximate surface area is 92.3 Å². The van der Waals surface area contributed by atoms with Gasteiger partial charge in [0.05, 0.1) is 16.4 Å². The Morgan fingerprint density at radius 1 is 1.71 bits per heavy atom. The van der Waals surface area contributed by atoms with Crippen LogP contribution in [0.3, 0.4) is 0 Å². The molecule has 0 amide bonds. The number of hydrogen-bond donors (Lipinski definition) is 2. The van der Waals surface area contributed by atoms with Crippen molar-refractivity contribution in [1.29, 1.82) is 5.41 Å². The number of halogens is 1. The zero-order valence-electron chi connectivity index (χ0n) is 8.17. The van der Waals surface area contributed by atoms with Crippen molar-refractivity contribution >= 4 is 28.5 Å². The quantitative estimate of drug-likeness (QED) is 0.619. The molecule has 3 N–H and O–H groups in total. The topological polar surface area (TPSA) is 67.7 Å². The van der Waals surface area contributed by atoms with Gasteiger partial charge in [-0.25, -0.2) is 0 Å². The molecule has 1 aromatic heterocycles. The van der Waals surface area contributed by atoms with Crippen LogP contribution >= 0.6 is 23.4 Å². The maximum absolute atomic E-state index is 7.12. The summed E-state index contributed by atoms with van der Waals surface area (Å²) in [5.41, 5.74) is 7.03. The Bertz CT molecular complexity index is 347. The molecule has 0 spiro atoms. The van der Waals surface area contributed by atoms with E-state index in [1.54, 1.807) is 0 Å². The molecule has 0 aromatic carbocycles. The van der Waals surface area contributed by atoms with Crippen LogP contribution in [-0.2, 0) is 12.3 Å². The first-order valence-electron chi connectivity index (χ1n) is 4.24. The van der Waals surface area contributed by atoms with E-state index in [1.165, 1.54) is 11.8 Å². The predicted octanol–water partition coefficient (Wildman–Crippen LogP) is 1.99. The van der Waals surface area contributed by atoms with Gasteiger partial charge in [-0.1, -0.05) is 23.4 Å². The fourth-order valence-corrected chi connectivity index (χ4v) is 2.02. The molecule has 0 atom stereocenters. The Morgan fingerprint density at radius 3 is 2.86 bits per heavy atom. The number of nitrogens with one attached hydrogen (secondary N) is 1. The second kappa shape index (κ2) is 4.70. The zero-order chi connectivity index (χ0) is 10.7. The predicted molar refractivity (Wildman–Crippen MR) is 60.9 cm³/mol. The number of aromatic nitrogens is 2. The Kier molecular flexibility index (Phi) is 3.83. The molecule has 14 heavy (non-hydrogen) atoms. The average Bonchev–Trinajstić information content (AvgIpc) is 2.40. The molecule has 0 saturated carbocycles. The van der Waals surface area contributed by atoms with Crippen LogP contribution in [-0.4, -0.2) is 14.9 Å². The van der Waals surface area contributed by atoms with E-state index >= 15 is 0 Å². The minimum atomic E-state index is 0.0996. The lowest BCUT2D eigenvalue weighted by atomic mass is 10.4. The van der Waals surface area contributed by atoms with Gasteiger partial charge in [-0.3, -0.25) is 10.1 Å². The molecular weight excluding hydrogens is 220 g/mol. The van der Waals surface area contributed by atoms with Crippen LogP contribution < -0.4 is 5.73 Å². The second-order valence-electron chi connectivity index (χ2n) is 2.81. The molecule has 0 fully saturated rings. The van der Waals surface area contributed by atoms with Crippen LogP contribution in [0.1, 0.15) is 18.3 Å². The fraction of sp³-hybridized carbons (Fsp3) is 0.500. The number of nitrogens with two attached hydrogens (primary N) is 1. The zero-order valence-corrected chi connectivity index (χ0v) is 9.74. The maximum Gasteiger partial charge on any atom is 0.151 e. The smallest absolute Gasteiger partial charge is 0.151 e. The highest BCUT2D eigenvalue weighted by Gasteiger charge is 2.12. The number of nitrogens with zero attached hydrogens (tertiary/aromatic N) is 2. The Hall–Kier alpha value is -0.680. The number of hydrogen-bond acceptors (Lipinski definition) is 3. The summed E-state index contributed by atoms with van der Waals surface area (Å²) < 4.78 is 1.84. The molecule has 6 heteroatoms. The third kappa shape index (κ3) is 2.42. The molecule has 0 saturated heterocycles. The summed E-state index contributed by atoms with van der Waals surface area (Å²) in [5, 5.41) is 12.2. The number of amidine groups is 1. The number of rotatable bonds is 3. The highest BCUT2D eigenvalue weighted by molar-refractivity contribution is 8.13. The van der Waals surface area contributed by atoms with Crippen LogP contribution in [0, 0.1) is 12.3 Å². The van der Waals surface area contributed by atoms with Crippen molar-refractivity contribution in [3.63, 3.8) is 0 Å². The second-order valence-corrected chi connectivity index (χ2v) is 4.21. The molecule has 4 nitrogen and oxygen atoms in total. The van der Waals surface area contributed by atoms with Crippen LogP contribution in [0.2, 0.25) is 5.02 Å². The van der Waals surface area contributed by atoms with Crippen molar-refractivity contribution in [2.45, 2.75) is 26.1 Å². The molecule has 1 rings (SSSR count). The lowest BCUT2D eigenvalue weighted by molar-refractivity contribution is 0.632. The molecule has 0 aliphatic heterocycles. The summed E-state index contributed by atoms with van der Waals surface area (Å²) in [6.45, 7) is 4.66. The molecular formula is C8H13ClN4S. The van der Waals surface area contributed by atoms with Crippen molar-refractivity contribution in [3.8, 4) is 0 Å². The molecule has 1 heterocycles. The summed E-state index contributed by atoms with van der Waals surface area (Å²) in [4.78, 5) is 0. The van der Waals surface area contributed by atoms with Crippen molar-refractivity contribution in [2.24, 2.45) is 5.73 Å². The van der Waals surface area contributed by atoms with Crippen molar-refractivity contribution in [2.75, 3.05) is 0 Å². The minimum absolute atomic E-state index is 0.0996. The molecule has 0 aliphatic carbocycles. The third-order valence-electron chi connectivity index (χ3n) is 1.82. The van der Waals surface area contributed by atoms with Gasteiger partial charge in [0.15, 0.2) is 5.17 Å². The number of thioether (sulfide) groups is 1. The van der Waals surface area contributed by atoms with Crippen molar-refractivity contribution < 1.29 is 0 Å². The molecule has 0 aliphatic rings. The molecule has 0 radical (unpaired) electrons. The standard InChI is InChI=1S/C8H13ClN4S/c1-3-13-6(4-14-8(10)11)7(9)5(2)12-13/h3-4H2,1-2H3,(H3,10,11). The molecule has 0 unspecified atom stereocenters. The van der Waals surface area contributed by atoms with E-state index in [4.69, 9.17) is 22.7 Å². The van der Waals surface area contributed by atoms with Crippen LogP contribution in [0.5, 0.6) is 0 Å². The monoisotopic (exact) mass is 232 g/mol. The van der Waals surface area contributed by atoms with Gasteiger partial charge in [0.1, 0.15) is 0 Å². The van der Waals surface area contributed by atoms with E-state index in [9.17, 15) is 0 Å². The molecule has 0 bridgehead atoms. The summed E-state index contributed by atoms with van der Waals surface area (Å²) >= 11 is 7.33. The molecule has 1 aromatic rings. The van der Waals surface area contributed by atoms with E-state index in [1.807, 2.05) is 18.5 Å². The van der Waals surface area contributed by atoms with E-state index in [2.05, 4.69) is 5.10 Å². The van der Waals surface area contributed by atoms with Gasteiger partial charge in [0.2, 0.25) is 0 Å². The third-order valence-corrected chi connectivity index (χ3v) is 3.04. The SMILES string of the molecule is CCn1nc(C)c(Cl)c1CSC(=N)N. The van der Waals surface area contributed by atoms with Crippen LogP contribution in [0.15, 0.2) is 0 Å². The fourth-order valence-electron chi connectivity index (χ4n) is 1.15. The number of aryl methyl sites for hydroxylation is 2. The van der Waals surface area contributed by atoms with E-state index < -0.39 is 0 Å². The minimum Gasteiger partial charge on any atom is -0.379 e. The van der Waals surface area contributed by atoms with Crippen LogP contribution in [0.25, 0.3) is 0 Å². The van der Waals surface area contributed by atoms with Gasteiger partial charge in [-0.15, -0.1) is 0 Å². The maximum atomic E-state index is 7.12. The summed E-state index contributed by atoms with van der Waals surface area (Å²) in [7, 11) is 0. The summed E-state index contributed by atoms with van der Waals surface area (Å²) in [6, 6.07) is 0. The van der Waals surface area contributed by atoms with Gasteiger partial charge >= 0.3 is 0 Å². The molecule has 78 valence electrons. The normalized spacial score (nSPS) is 10.5. The first-order valence-corrected chi connectivity index (χ1v) is 5.61.